The maximum absolute atomic E-state index is 13.0. The van der Waals surface area contributed by atoms with E-state index >= 15 is 0 Å². The van der Waals surface area contributed by atoms with Crippen molar-refractivity contribution in [3.8, 4) is 0 Å². The standard InChI is InChI=1S/C9H10F2OS/c1-13-5-8(12)6-3-2-4-7(10)9(6)11/h2-4,8,12H,5H2,1H3. The van der Waals surface area contributed by atoms with Gasteiger partial charge in [-0.2, -0.15) is 11.8 Å². The van der Waals surface area contributed by atoms with Crippen molar-refractivity contribution in [2.24, 2.45) is 0 Å². The fourth-order valence-corrected chi connectivity index (χ4v) is 1.52. The molecular formula is C9H10F2OS. The second kappa shape index (κ2) is 4.58. The van der Waals surface area contributed by atoms with Gasteiger partial charge in [-0.25, -0.2) is 8.78 Å². The fraction of sp³-hybridized carbons (Fsp3) is 0.333. The Balaban J connectivity index is 2.93. The first-order valence-electron chi connectivity index (χ1n) is 3.77. The molecule has 0 spiro atoms. The summed E-state index contributed by atoms with van der Waals surface area (Å²) in [5.41, 5.74) is 0.0225. The zero-order chi connectivity index (χ0) is 9.84. The molecule has 0 fully saturated rings. The Morgan fingerprint density at radius 1 is 1.46 bits per heavy atom. The van der Waals surface area contributed by atoms with Crippen molar-refractivity contribution in [1.29, 1.82) is 0 Å². The first-order chi connectivity index (χ1) is 6.16. The molecular weight excluding hydrogens is 194 g/mol. The quantitative estimate of drug-likeness (QED) is 0.815. The van der Waals surface area contributed by atoms with E-state index in [0.717, 1.165) is 6.07 Å². The Morgan fingerprint density at radius 2 is 2.15 bits per heavy atom. The molecule has 1 aromatic carbocycles. The number of halogens is 2. The maximum Gasteiger partial charge on any atom is 0.164 e. The third kappa shape index (κ3) is 2.42. The minimum atomic E-state index is -0.955. The Morgan fingerprint density at radius 3 is 2.77 bits per heavy atom. The number of thioether (sulfide) groups is 1. The van der Waals surface area contributed by atoms with Crippen LogP contribution in [0.1, 0.15) is 11.7 Å². The van der Waals surface area contributed by atoms with E-state index in [-0.39, 0.29) is 5.56 Å². The lowest BCUT2D eigenvalue weighted by molar-refractivity contribution is 0.197. The summed E-state index contributed by atoms with van der Waals surface area (Å²) < 4.78 is 25.7. The van der Waals surface area contributed by atoms with E-state index in [2.05, 4.69) is 0 Å². The largest absolute Gasteiger partial charge is 0.387 e. The van der Waals surface area contributed by atoms with Gasteiger partial charge in [-0.15, -0.1) is 0 Å². The van der Waals surface area contributed by atoms with Crippen LogP contribution < -0.4 is 0 Å². The summed E-state index contributed by atoms with van der Waals surface area (Å²) in [6.45, 7) is 0. The molecule has 0 saturated carbocycles. The molecule has 0 bridgehead atoms. The highest BCUT2D eigenvalue weighted by Crippen LogP contribution is 2.21. The van der Waals surface area contributed by atoms with Crippen molar-refractivity contribution in [3.05, 3.63) is 35.4 Å². The van der Waals surface area contributed by atoms with Crippen LogP contribution in [-0.4, -0.2) is 17.1 Å². The molecule has 0 aromatic heterocycles. The Bertz CT molecular complexity index is 291. The van der Waals surface area contributed by atoms with Crippen molar-refractivity contribution in [3.63, 3.8) is 0 Å². The normalized spacial score (nSPS) is 12.9. The van der Waals surface area contributed by atoms with Gasteiger partial charge in [-0.1, -0.05) is 12.1 Å². The molecule has 72 valence electrons. The molecule has 1 N–H and O–H groups in total. The van der Waals surface area contributed by atoms with E-state index in [0.29, 0.717) is 5.75 Å². The lowest BCUT2D eigenvalue weighted by Gasteiger charge is -2.10. The van der Waals surface area contributed by atoms with Crippen LogP contribution in [0.25, 0.3) is 0 Å². The predicted molar refractivity (Wildman–Crippen MR) is 49.7 cm³/mol. The second-order valence-electron chi connectivity index (χ2n) is 2.61. The monoisotopic (exact) mass is 204 g/mol. The summed E-state index contributed by atoms with van der Waals surface area (Å²) in [5.74, 6) is -1.51. The summed E-state index contributed by atoms with van der Waals surface area (Å²) >= 11 is 1.38. The van der Waals surface area contributed by atoms with Crippen LogP contribution in [0, 0.1) is 11.6 Å². The van der Waals surface area contributed by atoms with Gasteiger partial charge in [0.2, 0.25) is 0 Å². The average molecular weight is 204 g/mol. The summed E-state index contributed by atoms with van der Waals surface area (Å²) in [5, 5.41) is 9.40. The zero-order valence-electron chi connectivity index (χ0n) is 7.13. The van der Waals surface area contributed by atoms with Gasteiger partial charge >= 0.3 is 0 Å². The minimum Gasteiger partial charge on any atom is -0.387 e. The van der Waals surface area contributed by atoms with E-state index in [4.69, 9.17) is 0 Å². The summed E-state index contributed by atoms with van der Waals surface area (Å²) in [4.78, 5) is 0. The van der Waals surface area contributed by atoms with Gasteiger partial charge in [0.1, 0.15) is 0 Å². The smallest absolute Gasteiger partial charge is 0.164 e. The molecule has 0 radical (unpaired) electrons. The third-order valence-electron chi connectivity index (χ3n) is 1.66. The van der Waals surface area contributed by atoms with E-state index in [9.17, 15) is 13.9 Å². The van der Waals surface area contributed by atoms with E-state index in [1.165, 1.54) is 23.9 Å². The van der Waals surface area contributed by atoms with Gasteiger partial charge in [0.25, 0.3) is 0 Å². The zero-order valence-corrected chi connectivity index (χ0v) is 7.94. The Labute approximate surface area is 79.8 Å². The molecule has 1 atom stereocenters. The van der Waals surface area contributed by atoms with Crippen LogP contribution in [0.2, 0.25) is 0 Å². The van der Waals surface area contributed by atoms with Crippen LogP contribution >= 0.6 is 11.8 Å². The molecule has 0 amide bonds. The molecule has 1 aromatic rings. The third-order valence-corrected chi connectivity index (χ3v) is 2.31. The molecule has 1 rings (SSSR count). The fourth-order valence-electron chi connectivity index (χ4n) is 1.03. The number of aliphatic hydroxyl groups is 1. The lowest BCUT2D eigenvalue weighted by Crippen LogP contribution is -2.04. The molecule has 0 saturated heterocycles. The first kappa shape index (κ1) is 10.5. The van der Waals surface area contributed by atoms with Gasteiger partial charge in [0.05, 0.1) is 6.10 Å². The van der Waals surface area contributed by atoms with Crippen LogP contribution in [0.4, 0.5) is 8.78 Å². The van der Waals surface area contributed by atoms with E-state index in [1.807, 2.05) is 0 Å². The second-order valence-corrected chi connectivity index (χ2v) is 3.52. The van der Waals surface area contributed by atoms with Crippen molar-refractivity contribution in [2.75, 3.05) is 12.0 Å². The summed E-state index contributed by atoms with van der Waals surface area (Å²) in [7, 11) is 0. The van der Waals surface area contributed by atoms with Crippen LogP contribution in [0.15, 0.2) is 18.2 Å². The number of benzene rings is 1. The number of aliphatic hydroxyl groups excluding tert-OH is 1. The minimum absolute atomic E-state index is 0.0225. The van der Waals surface area contributed by atoms with Gasteiger partial charge in [0, 0.05) is 11.3 Å². The SMILES string of the molecule is CSCC(O)c1cccc(F)c1F. The molecule has 0 aliphatic heterocycles. The number of rotatable bonds is 3. The van der Waals surface area contributed by atoms with Gasteiger partial charge < -0.3 is 5.11 Å². The van der Waals surface area contributed by atoms with Crippen LogP contribution in [-0.2, 0) is 0 Å². The summed E-state index contributed by atoms with van der Waals surface area (Å²) in [6, 6.07) is 3.81. The number of hydrogen-bond acceptors (Lipinski definition) is 2. The number of hydrogen-bond donors (Lipinski definition) is 1. The average Bonchev–Trinajstić information content (AvgIpc) is 2.10. The van der Waals surface area contributed by atoms with Gasteiger partial charge in [-0.05, 0) is 12.3 Å². The summed E-state index contributed by atoms with van der Waals surface area (Å²) in [6.07, 6.45) is 0.853. The molecule has 0 heterocycles. The van der Waals surface area contributed by atoms with Gasteiger partial charge in [-0.3, -0.25) is 0 Å². The highest BCUT2D eigenvalue weighted by molar-refractivity contribution is 7.98. The van der Waals surface area contributed by atoms with Crippen LogP contribution in [0.5, 0.6) is 0 Å². The molecule has 0 aliphatic carbocycles. The van der Waals surface area contributed by atoms with E-state index < -0.39 is 17.7 Å². The molecule has 0 aliphatic rings. The molecule has 1 unspecified atom stereocenters. The molecule has 4 heteroatoms. The van der Waals surface area contributed by atoms with Crippen molar-refractivity contribution >= 4 is 11.8 Å². The Hall–Kier alpha value is -0.610. The van der Waals surface area contributed by atoms with E-state index in [1.54, 1.807) is 6.26 Å². The van der Waals surface area contributed by atoms with Gasteiger partial charge in [0.15, 0.2) is 11.6 Å². The highest BCUT2D eigenvalue weighted by Gasteiger charge is 2.14. The Kier molecular flexibility index (Phi) is 3.69. The van der Waals surface area contributed by atoms with Crippen molar-refractivity contribution in [1.82, 2.24) is 0 Å². The van der Waals surface area contributed by atoms with Crippen molar-refractivity contribution < 1.29 is 13.9 Å². The van der Waals surface area contributed by atoms with Crippen molar-refractivity contribution in [2.45, 2.75) is 6.10 Å². The lowest BCUT2D eigenvalue weighted by atomic mass is 10.1. The van der Waals surface area contributed by atoms with Crippen LogP contribution in [0.3, 0.4) is 0 Å². The topological polar surface area (TPSA) is 20.2 Å². The highest BCUT2D eigenvalue weighted by atomic mass is 32.2. The predicted octanol–water partition coefficient (Wildman–Crippen LogP) is 2.36. The maximum atomic E-state index is 13.0. The molecule has 13 heavy (non-hydrogen) atoms. The first-order valence-corrected chi connectivity index (χ1v) is 5.17. The molecule has 1 nitrogen and oxygen atoms in total.